The number of halogens is 1. The fraction of sp³-hybridized carbons (Fsp3) is 0.533. The Morgan fingerprint density at radius 2 is 2.15 bits per heavy atom. The minimum absolute atomic E-state index is 0.184. The summed E-state index contributed by atoms with van der Waals surface area (Å²) in [5, 5.41) is 2.90. The molecule has 0 aromatic heterocycles. The summed E-state index contributed by atoms with van der Waals surface area (Å²) in [7, 11) is 0. The molecule has 0 spiro atoms. The van der Waals surface area contributed by atoms with Crippen LogP contribution in [-0.2, 0) is 0 Å². The summed E-state index contributed by atoms with van der Waals surface area (Å²) in [4.78, 5) is 14.4. The number of nitrogen functional groups attached to an aromatic ring is 1. The van der Waals surface area contributed by atoms with E-state index in [1.54, 1.807) is 0 Å². The van der Waals surface area contributed by atoms with Crippen LogP contribution in [-0.4, -0.2) is 37.0 Å². The van der Waals surface area contributed by atoms with Crippen molar-refractivity contribution in [1.82, 2.24) is 10.2 Å². The number of anilines is 1. The lowest BCUT2D eigenvalue weighted by Gasteiger charge is -2.31. The molecule has 1 aromatic carbocycles. The molecule has 0 bridgehead atoms. The Labute approximate surface area is 119 Å². The second kappa shape index (κ2) is 6.70. The lowest BCUT2D eigenvalue weighted by atomic mass is 9.96. The Morgan fingerprint density at radius 1 is 1.45 bits per heavy atom. The summed E-state index contributed by atoms with van der Waals surface area (Å²) in [6, 6.07) is 3.86. The van der Waals surface area contributed by atoms with Crippen LogP contribution >= 0.6 is 0 Å². The fourth-order valence-electron chi connectivity index (χ4n) is 2.58. The molecule has 1 heterocycles. The van der Waals surface area contributed by atoms with Crippen LogP contribution in [0.3, 0.4) is 0 Å². The van der Waals surface area contributed by atoms with E-state index in [0.717, 1.165) is 32.5 Å². The second-order valence-corrected chi connectivity index (χ2v) is 5.32. The molecule has 0 saturated carbocycles. The number of nitrogens with one attached hydrogen (secondary N) is 1. The average molecular weight is 279 g/mol. The Bertz CT molecular complexity index is 470. The summed E-state index contributed by atoms with van der Waals surface area (Å²) in [6.07, 6.45) is 2.21. The summed E-state index contributed by atoms with van der Waals surface area (Å²) in [5.41, 5.74) is 6.19. The Kier molecular flexibility index (Phi) is 4.95. The Balaban J connectivity index is 1.83. The van der Waals surface area contributed by atoms with Gasteiger partial charge in [0.25, 0.3) is 5.91 Å². The maximum absolute atomic E-state index is 12.9. The first kappa shape index (κ1) is 14.8. The van der Waals surface area contributed by atoms with Crippen molar-refractivity contribution >= 4 is 11.6 Å². The maximum atomic E-state index is 12.9. The lowest BCUT2D eigenvalue weighted by molar-refractivity contribution is 0.0937. The zero-order valence-corrected chi connectivity index (χ0v) is 11.9. The topological polar surface area (TPSA) is 58.4 Å². The smallest absolute Gasteiger partial charge is 0.253 e. The SMILES string of the molecule is CCN1CCC(CNC(=O)c2ccc(F)cc2N)CC1. The Hall–Kier alpha value is -1.62. The highest BCUT2D eigenvalue weighted by Gasteiger charge is 2.19. The molecule has 0 atom stereocenters. The predicted octanol–water partition coefficient (Wildman–Crippen LogP) is 1.87. The van der Waals surface area contributed by atoms with Crippen LogP contribution in [0, 0.1) is 11.7 Å². The number of hydrogen-bond donors (Lipinski definition) is 2. The van der Waals surface area contributed by atoms with Gasteiger partial charge in [-0.05, 0) is 56.6 Å². The highest BCUT2D eigenvalue weighted by atomic mass is 19.1. The van der Waals surface area contributed by atoms with E-state index in [4.69, 9.17) is 5.73 Å². The van der Waals surface area contributed by atoms with E-state index in [1.807, 2.05) is 0 Å². The first-order valence-corrected chi connectivity index (χ1v) is 7.15. The highest BCUT2D eigenvalue weighted by molar-refractivity contribution is 5.99. The monoisotopic (exact) mass is 279 g/mol. The van der Waals surface area contributed by atoms with Crippen LogP contribution in [0.25, 0.3) is 0 Å². The van der Waals surface area contributed by atoms with E-state index in [0.29, 0.717) is 18.0 Å². The van der Waals surface area contributed by atoms with Crippen LogP contribution in [0.5, 0.6) is 0 Å². The number of likely N-dealkylation sites (tertiary alicyclic amines) is 1. The van der Waals surface area contributed by atoms with E-state index in [2.05, 4.69) is 17.1 Å². The molecule has 110 valence electrons. The standard InChI is InChI=1S/C15H22FN3O/c1-2-19-7-5-11(6-8-19)10-18-15(20)13-4-3-12(16)9-14(13)17/h3-4,9,11H,2,5-8,10,17H2,1H3,(H,18,20). The molecule has 4 nitrogen and oxygen atoms in total. The number of carbonyl (C=O) groups excluding carboxylic acids is 1. The molecular weight excluding hydrogens is 257 g/mol. The van der Waals surface area contributed by atoms with Gasteiger partial charge in [-0.3, -0.25) is 4.79 Å². The van der Waals surface area contributed by atoms with Crippen molar-refractivity contribution in [3.05, 3.63) is 29.6 Å². The number of piperidine rings is 1. The van der Waals surface area contributed by atoms with Gasteiger partial charge in [0.05, 0.1) is 5.56 Å². The first-order chi connectivity index (χ1) is 9.60. The number of carbonyl (C=O) groups is 1. The largest absolute Gasteiger partial charge is 0.398 e. The number of nitrogens with two attached hydrogens (primary N) is 1. The van der Waals surface area contributed by atoms with Crippen LogP contribution < -0.4 is 11.1 Å². The third-order valence-corrected chi connectivity index (χ3v) is 3.96. The van der Waals surface area contributed by atoms with Crippen molar-refractivity contribution in [2.75, 3.05) is 31.9 Å². The second-order valence-electron chi connectivity index (χ2n) is 5.32. The van der Waals surface area contributed by atoms with Gasteiger partial charge in [0.15, 0.2) is 0 Å². The molecule has 1 aliphatic rings. The summed E-state index contributed by atoms with van der Waals surface area (Å²) < 4.78 is 12.9. The zero-order valence-electron chi connectivity index (χ0n) is 11.9. The van der Waals surface area contributed by atoms with Gasteiger partial charge < -0.3 is 16.0 Å². The number of benzene rings is 1. The van der Waals surface area contributed by atoms with Crippen molar-refractivity contribution in [2.45, 2.75) is 19.8 Å². The summed E-state index contributed by atoms with van der Waals surface area (Å²) >= 11 is 0. The van der Waals surface area contributed by atoms with Gasteiger partial charge in [0.1, 0.15) is 5.82 Å². The van der Waals surface area contributed by atoms with Crippen molar-refractivity contribution < 1.29 is 9.18 Å². The van der Waals surface area contributed by atoms with E-state index >= 15 is 0 Å². The first-order valence-electron chi connectivity index (χ1n) is 7.15. The summed E-state index contributed by atoms with van der Waals surface area (Å²) in [5.74, 6) is -0.130. The van der Waals surface area contributed by atoms with Crippen LogP contribution in [0.2, 0.25) is 0 Å². The molecule has 2 rings (SSSR count). The van der Waals surface area contributed by atoms with E-state index < -0.39 is 5.82 Å². The number of hydrogen-bond acceptors (Lipinski definition) is 3. The van der Waals surface area contributed by atoms with Crippen LogP contribution in [0.15, 0.2) is 18.2 Å². The summed E-state index contributed by atoms with van der Waals surface area (Å²) in [6.45, 7) is 6.10. The molecule has 1 aliphatic heterocycles. The minimum Gasteiger partial charge on any atom is -0.398 e. The molecule has 0 radical (unpaired) electrons. The fourth-order valence-corrected chi connectivity index (χ4v) is 2.58. The third kappa shape index (κ3) is 3.70. The molecule has 1 saturated heterocycles. The van der Waals surface area contributed by atoms with E-state index in [1.165, 1.54) is 18.2 Å². The minimum atomic E-state index is -0.425. The molecule has 1 aromatic rings. The molecule has 20 heavy (non-hydrogen) atoms. The number of rotatable bonds is 4. The molecule has 1 amide bonds. The normalized spacial score (nSPS) is 17.1. The molecule has 0 unspecified atom stereocenters. The quantitative estimate of drug-likeness (QED) is 0.827. The van der Waals surface area contributed by atoms with Gasteiger partial charge in [-0.15, -0.1) is 0 Å². The molecular formula is C15H22FN3O. The van der Waals surface area contributed by atoms with Crippen molar-refractivity contribution in [3.8, 4) is 0 Å². The van der Waals surface area contributed by atoms with Gasteiger partial charge in [-0.1, -0.05) is 6.92 Å². The van der Waals surface area contributed by atoms with Crippen molar-refractivity contribution in [2.24, 2.45) is 5.92 Å². The zero-order chi connectivity index (χ0) is 14.5. The molecule has 1 fully saturated rings. The number of amides is 1. The lowest BCUT2D eigenvalue weighted by Crippen LogP contribution is -2.38. The highest BCUT2D eigenvalue weighted by Crippen LogP contribution is 2.17. The van der Waals surface area contributed by atoms with Crippen LogP contribution in [0.1, 0.15) is 30.1 Å². The average Bonchev–Trinajstić information content (AvgIpc) is 2.45. The van der Waals surface area contributed by atoms with Crippen LogP contribution in [0.4, 0.5) is 10.1 Å². The van der Waals surface area contributed by atoms with E-state index in [-0.39, 0.29) is 11.6 Å². The van der Waals surface area contributed by atoms with Gasteiger partial charge in [-0.25, -0.2) is 4.39 Å². The molecule has 0 aliphatic carbocycles. The van der Waals surface area contributed by atoms with Gasteiger partial charge in [-0.2, -0.15) is 0 Å². The van der Waals surface area contributed by atoms with Crippen molar-refractivity contribution in [1.29, 1.82) is 0 Å². The maximum Gasteiger partial charge on any atom is 0.253 e. The van der Waals surface area contributed by atoms with Crippen molar-refractivity contribution in [3.63, 3.8) is 0 Å². The van der Waals surface area contributed by atoms with Gasteiger partial charge >= 0.3 is 0 Å². The van der Waals surface area contributed by atoms with E-state index in [9.17, 15) is 9.18 Å². The Morgan fingerprint density at radius 3 is 2.75 bits per heavy atom. The molecule has 3 N–H and O–H groups in total. The number of nitrogens with zero attached hydrogens (tertiary/aromatic N) is 1. The van der Waals surface area contributed by atoms with Gasteiger partial charge in [0, 0.05) is 12.2 Å². The third-order valence-electron chi connectivity index (χ3n) is 3.96. The predicted molar refractivity (Wildman–Crippen MR) is 78.0 cm³/mol. The van der Waals surface area contributed by atoms with Gasteiger partial charge in [0.2, 0.25) is 0 Å². The molecule has 5 heteroatoms.